The van der Waals surface area contributed by atoms with Crippen molar-refractivity contribution in [2.75, 3.05) is 12.8 Å². The number of anilines is 1. The van der Waals surface area contributed by atoms with Crippen LogP contribution in [0.1, 0.15) is 35.7 Å². The number of nitrogen functional groups attached to an aromatic ring is 1. The van der Waals surface area contributed by atoms with Gasteiger partial charge in [-0.2, -0.15) is 0 Å². The van der Waals surface area contributed by atoms with Crippen molar-refractivity contribution in [3.8, 4) is 5.75 Å². The highest BCUT2D eigenvalue weighted by Gasteiger charge is 2.19. The summed E-state index contributed by atoms with van der Waals surface area (Å²) >= 11 is 0. The first-order valence-electron chi connectivity index (χ1n) is 8.68. The zero-order chi connectivity index (χ0) is 19.4. The summed E-state index contributed by atoms with van der Waals surface area (Å²) in [6.07, 6.45) is 0. The molecule has 3 aromatic carbocycles. The maximum atomic E-state index is 13.6. The van der Waals surface area contributed by atoms with Crippen molar-refractivity contribution >= 4 is 5.69 Å². The summed E-state index contributed by atoms with van der Waals surface area (Å²) in [5, 5.41) is 3.49. The lowest BCUT2D eigenvalue weighted by Gasteiger charge is -2.25. The Labute approximate surface area is 157 Å². The minimum absolute atomic E-state index is 0.178. The molecule has 0 bridgehead atoms. The molecule has 140 valence electrons. The second kappa shape index (κ2) is 8.18. The van der Waals surface area contributed by atoms with Gasteiger partial charge in [-0.3, -0.25) is 5.32 Å². The molecule has 2 atom stereocenters. The van der Waals surface area contributed by atoms with Crippen molar-refractivity contribution in [3.05, 3.63) is 95.1 Å². The van der Waals surface area contributed by atoms with Crippen molar-refractivity contribution in [2.24, 2.45) is 0 Å². The van der Waals surface area contributed by atoms with Gasteiger partial charge in [-0.1, -0.05) is 30.3 Å². The largest absolute Gasteiger partial charge is 0.497 e. The summed E-state index contributed by atoms with van der Waals surface area (Å²) in [4.78, 5) is 0. The summed E-state index contributed by atoms with van der Waals surface area (Å²) in [7, 11) is 1.62. The van der Waals surface area contributed by atoms with Crippen molar-refractivity contribution in [1.82, 2.24) is 5.32 Å². The number of nitrogens with two attached hydrogens (primary N) is 1. The Kier molecular flexibility index (Phi) is 5.72. The third-order valence-corrected chi connectivity index (χ3v) is 4.55. The highest BCUT2D eigenvalue weighted by Crippen LogP contribution is 2.29. The third kappa shape index (κ3) is 4.44. The van der Waals surface area contributed by atoms with Crippen LogP contribution in [0.2, 0.25) is 0 Å². The Morgan fingerprint density at radius 3 is 2.19 bits per heavy atom. The Balaban J connectivity index is 1.94. The lowest BCUT2D eigenvalue weighted by molar-refractivity contribution is 0.414. The van der Waals surface area contributed by atoms with Crippen molar-refractivity contribution in [3.63, 3.8) is 0 Å². The van der Waals surface area contributed by atoms with Crippen LogP contribution in [-0.2, 0) is 0 Å². The molecule has 3 N–H and O–H groups in total. The molecular weight excluding hydrogens is 346 g/mol. The van der Waals surface area contributed by atoms with Crippen LogP contribution in [0.25, 0.3) is 0 Å². The molecule has 3 nitrogen and oxygen atoms in total. The van der Waals surface area contributed by atoms with Crippen molar-refractivity contribution in [1.29, 1.82) is 0 Å². The summed E-state index contributed by atoms with van der Waals surface area (Å²) < 4.78 is 32.1. The molecule has 3 rings (SSSR count). The van der Waals surface area contributed by atoms with Gasteiger partial charge in [0, 0.05) is 11.7 Å². The third-order valence-electron chi connectivity index (χ3n) is 4.55. The predicted octanol–water partition coefficient (Wildman–Crippen LogP) is 5.00. The Hall–Kier alpha value is -2.92. The van der Waals surface area contributed by atoms with Crippen LogP contribution in [0.5, 0.6) is 5.75 Å². The standard InChI is InChI=1S/C22H22F2N2O/c1-14(16-8-11-20(23)21(24)13-16)26-22(17-4-3-5-18(25)12-17)15-6-9-19(27-2)10-7-15/h3-14,22,26H,25H2,1-2H3. The van der Waals surface area contributed by atoms with E-state index in [1.165, 1.54) is 6.07 Å². The number of benzene rings is 3. The van der Waals surface area contributed by atoms with E-state index in [2.05, 4.69) is 5.32 Å². The number of rotatable bonds is 6. The Morgan fingerprint density at radius 1 is 0.852 bits per heavy atom. The highest BCUT2D eigenvalue weighted by atomic mass is 19.2. The molecular formula is C22H22F2N2O. The second-order valence-corrected chi connectivity index (χ2v) is 6.44. The average molecular weight is 368 g/mol. The van der Waals surface area contributed by atoms with Gasteiger partial charge >= 0.3 is 0 Å². The molecule has 0 saturated carbocycles. The SMILES string of the molecule is COc1ccc(C(NC(C)c2ccc(F)c(F)c2)c2cccc(N)c2)cc1. The fourth-order valence-electron chi connectivity index (χ4n) is 3.05. The first-order chi connectivity index (χ1) is 13.0. The van der Waals surface area contributed by atoms with Gasteiger partial charge in [-0.25, -0.2) is 8.78 Å². The molecule has 2 unspecified atom stereocenters. The molecule has 5 heteroatoms. The van der Waals surface area contributed by atoms with Gasteiger partial charge in [-0.15, -0.1) is 0 Å². The molecule has 27 heavy (non-hydrogen) atoms. The molecule has 0 heterocycles. The number of hydrogen-bond donors (Lipinski definition) is 2. The fraction of sp³-hybridized carbons (Fsp3) is 0.182. The van der Waals surface area contributed by atoms with Crippen LogP contribution in [0, 0.1) is 11.6 Å². The molecule has 0 aliphatic carbocycles. The fourth-order valence-corrected chi connectivity index (χ4v) is 3.05. The molecule has 0 fully saturated rings. The molecule has 0 aromatic heterocycles. The number of halogens is 2. The predicted molar refractivity (Wildman–Crippen MR) is 104 cm³/mol. The molecule has 0 spiro atoms. The zero-order valence-electron chi connectivity index (χ0n) is 15.2. The number of methoxy groups -OCH3 is 1. The van der Waals surface area contributed by atoms with E-state index in [9.17, 15) is 8.78 Å². The molecule has 0 radical (unpaired) electrons. The van der Waals surface area contributed by atoms with E-state index in [0.717, 1.165) is 22.9 Å². The van der Waals surface area contributed by atoms with Crippen molar-refractivity contribution < 1.29 is 13.5 Å². The summed E-state index contributed by atoms with van der Waals surface area (Å²) in [5.74, 6) is -0.946. The van der Waals surface area contributed by atoms with E-state index in [1.54, 1.807) is 13.2 Å². The van der Waals surface area contributed by atoms with Gasteiger partial charge in [0.25, 0.3) is 0 Å². The van der Waals surface area contributed by atoms with E-state index in [0.29, 0.717) is 11.3 Å². The minimum atomic E-state index is -0.855. The van der Waals surface area contributed by atoms with E-state index in [-0.39, 0.29) is 12.1 Å². The van der Waals surface area contributed by atoms with E-state index >= 15 is 0 Å². The second-order valence-electron chi connectivity index (χ2n) is 6.44. The van der Waals surface area contributed by atoms with Crippen LogP contribution in [0.3, 0.4) is 0 Å². The summed E-state index contributed by atoms with van der Waals surface area (Å²) in [6.45, 7) is 1.91. The summed E-state index contributed by atoms with van der Waals surface area (Å²) in [6, 6.07) is 18.9. The zero-order valence-corrected chi connectivity index (χ0v) is 15.2. The molecule has 0 aliphatic heterocycles. The summed E-state index contributed by atoms with van der Waals surface area (Å²) in [5.41, 5.74) is 9.27. The normalized spacial score (nSPS) is 13.2. The van der Waals surface area contributed by atoms with Gasteiger partial charge in [0.1, 0.15) is 5.75 Å². The van der Waals surface area contributed by atoms with E-state index < -0.39 is 11.6 Å². The smallest absolute Gasteiger partial charge is 0.159 e. The van der Waals surface area contributed by atoms with E-state index in [1.807, 2.05) is 55.5 Å². The van der Waals surface area contributed by atoms with E-state index in [4.69, 9.17) is 10.5 Å². The topological polar surface area (TPSA) is 47.3 Å². The van der Waals surface area contributed by atoms with Crippen LogP contribution >= 0.6 is 0 Å². The van der Waals surface area contributed by atoms with Crippen molar-refractivity contribution in [2.45, 2.75) is 19.0 Å². The lowest BCUT2D eigenvalue weighted by Crippen LogP contribution is -2.26. The highest BCUT2D eigenvalue weighted by molar-refractivity contribution is 5.45. The Bertz CT molecular complexity index is 912. The molecule has 0 amide bonds. The minimum Gasteiger partial charge on any atom is -0.497 e. The average Bonchev–Trinajstić information content (AvgIpc) is 2.68. The Morgan fingerprint density at radius 2 is 1.56 bits per heavy atom. The van der Waals surface area contributed by atoms with Gasteiger partial charge < -0.3 is 10.5 Å². The number of nitrogens with one attached hydrogen (secondary N) is 1. The van der Waals surface area contributed by atoms with Gasteiger partial charge in [0.05, 0.1) is 13.2 Å². The maximum absolute atomic E-state index is 13.6. The van der Waals surface area contributed by atoms with Gasteiger partial charge in [0.15, 0.2) is 11.6 Å². The number of ether oxygens (including phenoxy) is 1. The maximum Gasteiger partial charge on any atom is 0.159 e. The van der Waals surface area contributed by atoms with Crippen LogP contribution in [0.15, 0.2) is 66.7 Å². The van der Waals surface area contributed by atoms with Crippen LogP contribution in [-0.4, -0.2) is 7.11 Å². The molecule has 0 saturated heterocycles. The number of hydrogen-bond acceptors (Lipinski definition) is 3. The van der Waals surface area contributed by atoms with Gasteiger partial charge in [0.2, 0.25) is 0 Å². The van der Waals surface area contributed by atoms with Crippen LogP contribution < -0.4 is 15.8 Å². The molecule has 3 aromatic rings. The van der Waals surface area contributed by atoms with Crippen LogP contribution in [0.4, 0.5) is 14.5 Å². The lowest BCUT2D eigenvalue weighted by atomic mass is 9.96. The first-order valence-corrected chi connectivity index (χ1v) is 8.68. The quantitative estimate of drug-likeness (QED) is 0.602. The van der Waals surface area contributed by atoms with Gasteiger partial charge in [-0.05, 0) is 60.0 Å². The first kappa shape index (κ1) is 18.9. The monoisotopic (exact) mass is 368 g/mol. The molecule has 0 aliphatic rings.